The molecule has 4 aromatic heterocycles. The quantitative estimate of drug-likeness (QED) is 0.500. The highest BCUT2D eigenvalue weighted by Crippen LogP contribution is 2.36. The fraction of sp³-hybridized carbons (Fsp3) is 0. The third-order valence-electron chi connectivity index (χ3n) is 4.18. The lowest BCUT2D eigenvalue weighted by Crippen LogP contribution is -1.92. The van der Waals surface area contributed by atoms with E-state index < -0.39 is 0 Å². The summed E-state index contributed by atoms with van der Waals surface area (Å²) in [5.74, 6) is 1.25. The first-order chi connectivity index (χ1) is 12.3. The summed E-state index contributed by atoms with van der Waals surface area (Å²) in [4.78, 5) is 14.0. The monoisotopic (exact) mass is 344 g/mol. The highest BCUT2D eigenvalue weighted by Gasteiger charge is 2.12. The van der Waals surface area contributed by atoms with Gasteiger partial charge in [0.05, 0.1) is 17.2 Å². The lowest BCUT2D eigenvalue weighted by molar-refractivity contribution is 0.580. The first-order valence-electron chi connectivity index (χ1n) is 7.72. The molecule has 0 aliphatic heterocycles. The molecule has 2 N–H and O–H groups in total. The molecular formula is C19H12N4OS. The topological polar surface area (TPSA) is 77.8 Å². The summed E-state index contributed by atoms with van der Waals surface area (Å²) in [6.45, 7) is 0. The lowest BCUT2D eigenvalue weighted by atomic mass is 10.0. The van der Waals surface area contributed by atoms with Crippen LogP contribution in [0.5, 0.6) is 0 Å². The molecule has 0 spiro atoms. The van der Waals surface area contributed by atoms with E-state index in [0.717, 1.165) is 43.7 Å². The highest BCUT2D eigenvalue weighted by molar-refractivity contribution is 7.17. The number of nitrogens with zero attached hydrogens (tertiary/aromatic N) is 3. The predicted molar refractivity (Wildman–Crippen MR) is 100 cm³/mol. The molecule has 0 radical (unpaired) electrons. The molecule has 0 aliphatic carbocycles. The van der Waals surface area contributed by atoms with Crippen LogP contribution in [0.3, 0.4) is 0 Å². The average Bonchev–Trinajstić information content (AvgIpc) is 3.31. The SMILES string of the molecule is Nc1ncnc2scc(-c3ccc4ccc(-c5ccco5)nc4c3)c12. The van der Waals surface area contributed by atoms with Gasteiger partial charge in [-0.15, -0.1) is 11.3 Å². The minimum absolute atomic E-state index is 0.499. The smallest absolute Gasteiger partial charge is 0.152 e. The third kappa shape index (κ3) is 2.27. The van der Waals surface area contributed by atoms with Crippen molar-refractivity contribution in [2.75, 3.05) is 5.73 Å². The second kappa shape index (κ2) is 5.39. The van der Waals surface area contributed by atoms with Crippen LogP contribution in [-0.4, -0.2) is 15.0 Å². The Balaban J connectivity index is 1.71. The van der Waals surface area contributed by atoms with Crippen LogP contribution in [0.1, 0.15) is 0 Å². The van der Waals surface area contributed by atoms with Gasteiger partial charge < -0.3 is 10.2 Å². The van der Waals surface area contributed by atoms with Crippen molar-refractivity contribution >= 4 is 38.3 Å². The van der Waals surface area contributed by atoms with Crippen molar-refractivity contribution < 1.29 is 4.42 Å². The van der Waals surface area contributed by atoms with E-state index in [2.05, 4.69) is 33.5 Å². The van der Waals surface area contributed by atoms with Crippen LogP contribution < -0.4 is 5.73 Å². The Morgan fingerprint density at radius 2 is 1.96 bits per heavy atom. The molecule has 5 aromatic rings. The van der Waals surface area contributed by atoms with Gasteiger partial charge in [-0.3, -0.25) is 0 Å². The molecule has 0 fully saturated rings. The van der Waals surface area contributed by atoms with Gasteiger partial charge in [-0.2, -0.15) is 0 Å². The Labute approximate surface area is 146 Å². The van der Waals surface area contributed by atoms with Gasteiger partial charge >= 0.3 is 0 Å². The Morgan fingerprint density at radius 1 is 1.04 bits per heavy atom. The number of hydrogen-bond donors (Lipinski definition) is 1. The molecule has 5 rings (SSSR count). The van der Waals surface area contributed by atoms with Crippen LogP contribution in [-0.2, 0) is 0 Å². The highest BCUT2D eigenvalue weighted by atomic mass is 32.1. The van der Waals surface area contributed by atoms with Crippen molar-refractivity contribution in [2.24, 2.45) is 0 Å². The zero-order valence-corrected chi connectivity index (χ0v) is 13.8. The minimum atomic E-state index is 0.499. The molecule has 0 amide bonds. The molecule has 0 aliphatic rings. The number of anilines is 1. The minimum Gasteiger partial charge on any atom is -0.463 e. The molecular weight excluding hydrogens is 332 g/mol. The largest absolute Gasteiger partial charge is 0.463 e. The van der Waals surface area contributed by atoms with Crippen molar-refractivity contribution in [1.29, 1.82) is 0 Å². The zero-order valence-electron chi connectivity index (χ0n) is 13.0. The maximum absolute atomic E-state index is 6.07. The molecule has 120 valence electrons. The molecule has 0 unspecified atom stereocenters. The van der Waals surface area contributed by atoms with Gasteiger partial charge in [0.25, 0.3) is 0 Å². The number of thiophene rings is 1. The average molecular weight is 344 g/mol. The van der Waals surface area contributed by atoms with Crippen LogP contribution in [0.25, 0.3) is 43.7 Å². The normalized spacial score (nSPS) is 11.4. The predicted octanol–water partition coefficient (Wildman–Crippen LogP) is 4.75. The van der Waals surface area contributed by atoms with Crippen molar-refractivity contribution in [2.45, 2.75) is 0 Å². The number of aromatic nitrogens is 3. The maximum atomic E-state index is 6.07. The van der Waals surface area contributed by atoms with E-state index in [9.17, 15) is 0 Å². The number of hydrogen-bond acceptors (Lipinski definition) is 6. The van der Waals surface area contributed by atoms with Crippen LogP contribution in [0.4, 0.5) is 5.82 Å². The van der Waals surface area contributed by atoms with Gasteiger partial charge in [0.1, 0.15) is 22.7 Å². The first kappa shape index (κ1) is 14.1. The number of benzene rings is 1. The van der Waals surface area contributed by atoms with Gasteiger partial charge in [0, 0.05) is 16.3 Å². The van der Waals surface area contributed by atoms with Crippen LogP contribution in [0.15, 0.2) is 64.9 Å². The van der Waals surface area contributed by atoms with Crippen LogP contribution in [0.2, 0.25) is 0 Å². The number of fused-ring (bicyclic) bond motifs is 2. The Bertz CT molecular complexity index is 1210. The maximum Gasteiger partial charge on any atom is 0.152 e. The van der Waals surface area contributed by atoms with Gasteiger partial charge in [0.2, 0.25) is 0 Å². The Kier molecular flexibility index (Phi) is 3.05. The van der Waals surface area contributed by atoms with Crippen molar-refractivity contribution in [1.82, 2.24) is 15.0 Å². The number of pyridine rings is 1. The van der Waals surface area contributed by atoms with E-state index >= 15 is 0 Å². The van der Waals surface area contributed by atoms with E-state index in [1.54, 1.807) is 17.6 Å². The third-order valence-corrected chi connectivity index (χ3v) is 5.06. The van der Waals surface area contributed by atoms with Crippen molar-refractivity contribution in [3.63, 3.8) is 0 Å². The van der Waals surface area contributed by atoms with Gasteiger partial charge in [-0.1, -0.05) is 18.2 Å². The number of furan rings is 1. The van der Waals surface area contributed by atoms with Gasteiger partial charge in [-0.05, 0) is 29.8 Å². The van der Waals surface area contributed by atoms with Gasteiger partial charge in [-0.25, -0.2) is 15.0 Å². The molecule has 0 saturated carbocycles. The molecule has 5 nitrogen and oxygen atoms in total. The Morgan fingerprint density at radius 3 is 2.84 bits per heavy atom. The fourth-order valence-corrected chi connectivity index (χ4v) is 3.88. The summed E-state index contributed by atoms with van der Waals surface area (Å²) < 4.78 is 5.45. The molecule has 25 heavy (non-hydrogen) atoms. The Hall–Kier alpha value is -3.25. The summed E-state index contributed by atoms with van der Waals surface area (Å²) in [5, 5.41) is 4.03. The van der Waals surface area contributed by atoms with E-state index in [1.165, 1.54) is 6.33 Å². The number of nitrogen functional groups attached to an aromatic ring is 1. The molecule has 0 atom stereocenters. The lowest BCUT2D eigenvalue weighted by Gasteiger charge is -2.05. The van der Waals surface area contributed by atoms with Crippen molar-refractivity contribution in [3.8, 4) is 22.6 Å². The standard InChI is InChI=1S/C19H12N4OS/c20-18-17-13(9-25-19(17)22-10-21-18)12-4-3-11-5-6-14(23-15(11)8-12)16-2-1-7-24-16/h1-10H,(H2,20,21,22). The molecule has 0 bridgehead atoms. The van der Waals surface area contributed by atoms with E-state index in [-0.39, 0.29) is 0 Å². The van der Waals surface area contributed by atoms with E-state index in [1.807, 2.05) is 24.3 Å². The summed E-state index contributed by atoms with van der Waals surface area (Å²) >= 11 is 1.56. The van der Waals surface area contributed by atoms with E-state index in [0.29, 0.717) is 5.82 Å². The van der Waals surface area contributed by atoms with Crippen LogP contribution >= 0.6 is 11.3 Å². The molecule has 6 heteroatoms. The summed E-state index contributed by atoms with van der Waals surface area (Å²) in [5.41, 5.74) is 9.86. The van der Waals surface area contributed by atoms with E-state index in [4.69, 9.17) is 15.1 Å². The fourth-order valence-electron chi connectivity index (χ4n) is 2.96. The summed E-state index contributed by atoms with van der Waals surface area (Å²) in [7, 11) is 0. The molecule has 0 saturated heterocycles. The van der Waals surface area contributed by atoms with Crippen LogP contribution in [0, 0.1) is 0 Å². The van der Waals surface area contributed by atoms with Crippen molar-refractivity contribution in [3.05, 3.63) is 60.4 Å². The summed E-state index contributed by atoms with van der Waals surface area (Å²) in [6.07, 6.45) is 3.15. The number of rotatable bonds is 2. The molecule has 4 heterocycles. The number of nitrogens with two attached hydrogens (primary N) is 1. The first-order valence-corrected chi connectivity index (χ1v) is 8.60. The second-order valence-corrected chi connectivity index (χ2v) is 6.53. The zero-order chi connectivity index (χ0) is 16.8. The summed E-state index contributed by atoms with van der Waals surface area (Å²) in [6, 6.07) is 14.0. The molecule has 1 aromatic carbocycles. The van der Waals surface area contributed by atoms with Gasteiger partial charge in [0.15, 0.2) is 5.76 Å². The second-order valence-electron chi connectivity index (χ2n) is 5.67.